The maximum absolute atomic E-state index is 11.1. The van der Waals surface area contributed by atoms with Gasteiger partial charge in [0.15, 0.2) is 5.13 Å². The first kappa shape index (κ1) is 14.5. The van der Waals surface area contributed by atoms with Crippen molar-refractivity contribution in [1.29, 1.82) is 0 Å². The molecule has 20 heavy (non-hydrogen) atoms. The van der Waals surface area contributed by atoms with E-state index in [-0.39, 0.29) is 15.8 Å². The van der Waals surface area contributed by atoms with Gasteiger partial charge in [0.1, 0.15) is 5.69 Å². The minimum atomic E-state index is -0.340. The van der Waals surface area contributed by atoms with Crippen LogP contribution in [0.1, 0.15) is 31.0 Å². The van der Waals surface area contributed by atoms with Crippen molar-refractivity contribution in [3.63, 3.8) is 0 Å². The molecule has 0 atom stereocenters. The Kier molecular flexibility index (Phi) is 4.34. The summed E-state index contributed by atoms with van der Waals surface area (Å²) in [6.45, 7) is 4.52. The van der Waals surface area contributed by atoms with Crippen LogP contribution in [-0.2, 0) is 6.54 Å². The number of anilines is 1. The molecule has 1 aromatic carbocycles. The first-order chi connectivity index (χ1) is 9.49. The van der Waals surface area contributed by atoms with Crippen molar-refractivity contribution in [2.24, 2.45) is 0 Å². The standard InChI is InChI=1S/C14H17N3O2S/c1-10(2)12-13(17(18)19)20-14(15-12)16(3)9-11-7-5-4-6-8-11/h4-8,10H,9H2,1-3H3. The van der Waals surface area contributed by atoms with Crippen LogP contribution >= 0.6 is 11.3 Å². The Morgan fingerprint density at radius 1 is 1.35 bits per heavy atom. The highest BCUT2D eigenvalue weighted by Crippen LogP contribution is 2.36. The number of nitrogens with zero attached hydrogens (tertiary/aromatic N) is 3. The van der Waals surface area contributed by atoms with Crippen LogP contribution < -0.4 is 4.90 Å². The van der Waals surface area contributed by atoms with Gasteiger partial charge in [-0.05, 0) is 16.9 Å². The number of aromatic nitrogens is 1. The quantitative estimate of drug-likeness (QED) is 0.621. The van der Waals surface area contributed by atoms with E-state index >= 15 is 0 Å². The van der Waals surface area contributed by atoms with Gasteiger partial charge < -0.3 is 4.90 Å². The predicted molar refractivity (Wildman–Crippen MR) is 81.4 cm³/mol. The molecule has 0 fully saturated rings. The van der Waals surface area contributed by atoms with E-state index in [4.69, 9.17) is 0 Å². The van der Waals surface area contributed by atoms with Gasteiger partial charge in [-0.2, -0.15) is 0 Å². The third-order valence-electron chi connectivity index (χ3n) is 2.92. The predicted octanol–water partition coefficient (Wildman–Crippen LogP) is 3.81. The van der Waals surface area contributed by atoms with Crippen LogP contribution in [0, 0.1) is 10.1 Å². The van der Waals surface area contributed by atoms with Gasteiger partial charge in [-0.25, -0.2) is 4.98 Å². The van der Waals surface area contributed by atoms with Gasteiger partial charge in [0.05, 0.1) is 4.92 Å². The van der Waals surface area contributed by atoms with Gasteiger partial charge in [-0.3, -0.25) is 10.1 Å². The Bertz CT molecular complexity index is 596. The maximum Gasteiger partial charge on any atom is 0.349 e. The average molecular weight is 291 g/mol. The van der Waals surface area contributed by atoms with Gasteiger partial charge >= 0.3 is 5.00 Å². The lowest BCUT2D eigenvalue weighted by Crippen LogP contribution is -2.16. The van der Waals surface area contributed by atoms with E-state index in [0.717, 1.165) is 16.9 Å². The number of rotatable bonds is 5. The lowest BCUT2D eigenvalue weighted by molar-refractivity contribution is -0.381. The van der Waals surface area contributed by atoms with Crippen molar-refractivity contribution in [3.05, 3.63) is 51.7 Å². The largest absolute Gasteiger partial charge is 0.349 e. The Balaban J connectivity index is 2.24. The molecule has 5 nitrogen and oxygen atoms in total. The summed E-state index contributed by atoms with van der Waals surface area (Å²) in [5, 5.41) is 11.9. The topological polar surface area (TPSA) is 59.3 Å². The fraction of sp³-hybridized carbons (Fsp3) is 0.357. The highest BCUT2D eigenvalue weighted by atomic mass is 32.1. The first-order valence-corrected chi connectivity index (χ1v) is 7.21. The SMILES string of the molecule is CC(C)c1nc(N(C)Cc2ccccc2)sc1[N+](=O)[O-]. The molecular formula is C14H17N3O2S. The summed E-state index contributed by atoms with van der Waals surface area (Å²) >= 11 is 1.14. The molecule has 0 unspecified atom stereocenters. The van der Waals surface area contributed by atoms with E-state index in [1.54, 1.807) is 0 Å². The molecule has 0 saturated heterocycles. The molecular weight excluding hydrogens is 274 g/mol. The highest BCUT2D eigenvalue weighted by molar-refractivity contribution is 7.18. The summed E-state index contributed by atoms with van der Waals surface area (Å²) in [6, 6.07) is 9.98. The lowest BCUT2D eigenvalue weighted by Gasteiger charge is -2.15. The van der Waals surface area contributed by atoms with Gasteiger partial charge in [-0.15, -0.1) is 0 Å². The van der Waals surface area contributed by atoms with E-state index in [1.807, 2.05) is 56.1 Å². The fourth-order valence-electron chi connectivity index (χ4n) is 1.91. The average Bonchev–Trinajstić information content (AvgIpc) is 2.85. The number of benzene rings is 1. The van der Waals surface area contributed by atoms with Crippen LogP contribution in [0.3, 0.4) is 0 Å². The molecule has 2 rings (SSSR count). The van der Waals surface area contributed by atoms with Gasteiger partial charge in [0.25, 0.3) is 0 Å². The van der Waals surface area contributed by atoms with E-state index in [0.29, 0.717) is 17.4 Å². The molecule has 2 aromatic rings. The van der Waals surface area contributed by atoms with Crippen LogP contribution in [0.4, 0.5) is 10.1 Å². The van der Waals surface area contributed by atoms with Gasteiger partial charge in [0.2, 0.25) is 0 Å². The van der Waals surface area contributed by atoms with Crippen LogP contribution in [0.15, 0.2) is 30.3 Å². The first-order valence-electron chi connectivity index (χ1n) is 6.39. The Labute approximate surface area is 122 Å². The molecule has 0 aliphatic carbocycles. The van der Waals surface area contributed by atoms with Crippen molar-refractivity contribution in [3.8, 4) is 0 Å². The summed E-state index contributed by atoms with van der Waals surface area (Å²) in [5.41, 5.74) is 1.72. The number of thiazole rings is 1. The Morgan fingerprint density at radius 2 is 2.00 bits per heavy atom. The zero-order valence-corrected chi connectivity index (χ0v) is 12.6. The molecule has 0 spiro atoms. The molecule has 1 aromatic heterocycles. The van der Waals surface area contributed by atoms with Crippen LogP contribution in [0.5, 0.6) is 0 Å². The normalized spacial score (nSPS) is 10.8. The van der Waals surface area contributed by atoms with Crippen molar-refractivity contribution < 1.29 is 4.92 Å². The Morgan fingerprint density at radius 3 is 2.50 bits per heavy atom. The van der Waals surface area contributed by atoms with Crippen LogP contribution in [-0.4, -0.2) is 17.0 Å². The minimum absolute atomic E-state index is 0.0468. The smallest absolute Gasteiger partial charge is 0.347 e. The van der Waals surface area contributed by atoms with Crippen LogP contribution in [0.2, 0.25) is 0 Å². The summed E-state index contributed by atoms with van der Waals surface area (Å²) in [7, 11) is 1.90. The third-order valence-corrected chi connectivity index (χ3v) is 4.06. The van der Waals surface area contributed by atoms with Crippen molar-refractivity contribution in [1.82, 2.24) is 4.98 Å². The third kappa shape index (κ3) is 3.14. The fourth-order valence-corrected chi connectivity index (χ4v) is 2.91. The second-order valence-electron chi connectivity index (χ2n) is 4.94. The van der Waals surface area contributed by atoms with E-state index in [9.17, 15) is 10.1 Å². The Hall–Kier alpha value is -1.95. The molecule has 106 valence electrons. The highest BCUT2D eigenvalue weighted by Gasteiger charge is 2.24. The molecule has 6 heteroatoms. The lowest BCUT2D eigenvalue weighted by atomic mass is 10.1. The molecule has 0 N–H and O–H groups in total. The number of hydrogen-bond donors (Lipinski definition) is 0. The van der Waals surface area contributed by atoms with E-state index < -0.39 is 0 Å². The second-order valence-corrected chi connectivity index (χ2v) is 5.90. The van der Waals surface area contributed by atoms with E-state index in [1.165, 1.54) is 0 Å². The molecule has 0 bridgehead atoms. The molecule has 0 amide bonds. The minimum Gasteiger partial charge on any atom is -0.347 e. The maximum atomic E-state index is 11.1. The number of hydrogen-bond acceptors (Lipinski definition) is 5. The molecule has 0 saturated carbocycles. The molecule has 0 radical (unpaired) electrons. The summed E-state index contributed by atoms with van der Waals surface area (Å²) in [5.74, 6) is 0.0468. The zero-order valence-electron chi connectivity index (χ0n) is 11.7. The second kappa shape index (κ2) is 6.00. The van der Waals surface area contributed by atoms with Crippen molar-refractivity contribution in [2.45, 2.75) is 26.3 Å². The zero-order chi connectivity index (χ0) is 14.7. The monoisotopic (exact) mass is 291 g/mol. The van der Waals surface area contributed by atoms with Gasteiger partial charge in [-0.1, -0.05) is 44.2 Å². The van der Waals surface area contributed by atoms with Gasteiger partial charge in [0, 0.05) is 19.5 Å². The van der Waals surface area contributed by atoms with E-state index in [2.05, 4.69) is 4.98 Å². The molecule has 0 aliphatic rings. The number of nitro groups is 1. The van der Waals surface area contributed by atoms with Crippen LogP contribution in [0.25, 0.3) is 0 Å². The summed E-state index contributed by atoms with van der Waals surface area (Å²) < 4.78 is 0. The van der Waals surface area contributed by atoms with Crippen molar-refractivity contribution in [2.75, 3.05) is 11.9 Å². The summed E-state index contributed by atoms with van der Waals surface area (Å²) in [6.07, 6.45) is 0. The summed E-state index contributed by atoms with van der Waals surface area (Å²) in [4.78, 5) is 17.1. The molecule has 0 aliphatic heterocycles. The molecule has 1 heterocycles. The van der Waals surface area contributed by atoms with Crippen molar-refractivity contribution >= 4 is 21.5 Å².